The summed E-state index contributed by atoms with van der Waals surface area (Å²) >= 11 is 12.1. The molecule has 3 rings (SSSR count). The zero-order valence-corrected chi connectivity index (χ0v) is 19.3. The van der Waals surface area contributed by atoms with Crippen molar-refractivity contribution >= 4 is 52.2 Å². The fourth-order valence-electron chi connectivity index (χ4n) is 3.49. The molecule has 0 bridgehead atoms. The van der Waals surface area contributed by atoms with Crippen molar-refractivity contribution in [1.29, 1.82) is 0 Å². The van der Waals surface area contributed by atoms with E-state index in [1.165, 1.54) is 6.42 Å². The third-order valence-corrected chi connectivity index (χ3v) is 6.20. The molecule has 8 heteroatoms. The summed E-state index contributed by atoms with van der Waals surface area (Å²) in [6.07, 6.45) is 4.26. The summed E-state index contributed by atoms with van der Waals surface area (Å²) in [5, 5.41) is 9.13. The van der Waals surface area contributed by atoms with Crippen molar-refractivity contribution in [3.8, 4) is 0 Å². The molecule has 0 aromatic heterocycles. The van der Waals surface area contributed by atoms with E-state index in [0.29, 0.717) is 22.0 Å². The molecule has 2 aromatic carbocycles. The van der Waals surface area contributed by atoms with Crippen molar-refractivity contribution in [3.05, 3.63) is 52.0 Å². The minimum atomic E-state index is -0.469. The van der Waals surface area contributed by atoms with Crippen molar-refractivity contribution in [2.75, 3.05) is 28.6 Å². The van der Waals surface area contributed by atoms with E-state index in [1.54, 1.807) is 24.3 Å². The van der Waals surface area contributed by atoms with Crippen molar-refractivity contribution < 1.29 is 9.59 Å². The zero-order valence-electron chi connectivity index (χ0n) is 17.8. The van der Waals surface area contributed by atoms with E-state index < -0.39 is 6.03 Å². The molecule has 1 atom stereocenters. The van der Waals surface area contributed by atoms with Gasteiger partial charge in [-0.25, -0.2) is 4.79 Å². The Labute approximate surface area is 193 Å². The summed E-state index contributed by atoms with van der Waals surface area (Å²) in [5.41, 5.74) is 2.38. The van der Waals surface area contributed by atoms with Gasteiger partial charge in [0.15, 0.2) is 0 Å². The van der Waals surface area contributed by atoms with E-state index in [-0.39, 0.29) is 17.0 Å². The first-order valence-corrected chi connectivity index (χ1v) is 11.4. The van der Waals surface area contributed by atoms with Gasteiger partial charge >= 0.3 is 6.03 Å². The Morgan fingerprint density at radius 2 is 1.81 bits per heavy atom. The summed E-state index contributed by atoms with van der Waals surface area (Å²) in [6.45, 7) is 5.84. The lowest BCUT2D eigenvalue weighted by Crippen LogP contribution is -2.35. The molecule has 31 heavy (non-hydrogen) atoms. The predicted octanol–water partition coefficient (Wildman–Crippen LogP) is 6.16. The number of nitrogens with one attached hydrogen (secondary N) is 3. The largest absolute Gasteiger partial charge is 0.371 e. The van der Waals surface area contributed by atoms with Gasteiger partial charge in [0, 0.05) is 30.5 Å². The standard InChI is InChI=1S/C23H28Cl2N4O2/c1-3-15(2)26-22(30)17-14-16(10-11-20(17)29-12-5-4-6-13-29)27-23(31)28-19-9-7-8-18(24)21(19)25/h7-11,14-15H,3-6,12-13H2,1-2H3,(H,26,30)(H2,27,28,31). The Morgan fingerprint density at radius 3 is 2.52 bits per heavy atom. The Bertz CT molecular complexity index is 945. The zero-order chi connectivity index (χ0) is 22.4. The maximum absolute atomic E-state index is 13.0. The lowest BCUT2D eigenvalue weighted by atomic mass is 10.1. The van der Waals surface area contributed by atoms with Crippen LogP contribution in [0.5, 0.6) is 0 Å². The Hall–Kier alpha value is -2.44. The summed E-state index contributed by atoms with van der Waals surface area (Å²) < 4.78 is 0. The number of amides is 3. The van der Waals surface area contributed by atoms with Crippen LogP contribution >= 0.6 is 23.2 Å². The summed E-state index contributed by atoms with van der Waals surface area (Å²) in [5.74, 6) is -0.142. The minimum Gasteiger partial charge on any atom is -0.371 e. The smallest absolute Gasteiger partial charge is 0.323 e. The van der Waals surface area contributed by atoms with Crippen LogP contribution in [0, 0.1) is 0 Å². The van der Waals surface area contributed by atoms with Crippen LogP contribution in [0.25, 0.3) is 0 Å². The topological polar surface area (TPSA) is 73.5 Å². The maximum Gasteiger partial charge on any atom is 0.323 e. The second-order valence-corrected chi connectivity index (χ2v) is 8.53. The third kappa shape index (κ3) is 6.05. The second-order valence-electron chi connectivity index (χ2n) is 7.74. The quantitative estimate of drug-likeness (QED) is 0.481. The first kappa shape index (κ1) is 23.2. The summed E-state index contributed by atoms with van der Waals surface area (Å²) in [4.78, 5) is 27.7. The van der Waals surface area contributed by atoms with Gasteiger partial charge < -0.3 is 20.9 Å². The molecular formula is C23H28Cl2N4O2. The number of carbonyl (C=O) groups is 2. The SMILES string of the molecule is CCC(C)NC(=O)c1cc(NC(=O)Nc2cccc(Cl)c2Cl)ccc1N1CCCCC1. The first-order chi connectivity index (χ1) is 14.9. The Balaban J connectivity index is 1.81. The van der Waals surface area contributed by atoms with E-state index in [1.807, 2.05) is 26.0 Å². The molecule has 0 aliphatic carbocycles. The molecular weight excluding hydrogens is 435 g/mol. The van der Waals surface area contributed by atoms with Gasteiger partial charge in [-0.1, -0.05) is 36.2 Å². The fraction of sp³-hybridized carbons (Fsp3) is 0.391. The lowest BCUT2D eigenvalue weighted by molar-refractivity contribution is 0.0939. The van der Waals surface area contributed by atoms with Crippen molar-refractivity contribution in [2.24, 2.45) is 0 Å². The monoisotopic (exact) mass is 462 g/mol. The number of hydrogen-bond acceptors (Lipinski definition) is 3. The summed E-state index contributed by atoms with van der Waals surface area (Å²) in [7, 11) is 0. The average Bonchev–Trinajstić information content (AvgIpc) is 2.77. The molecule has 1 fully saturated rings. The molecule has 2 aromatic rings. The van der Waals surface area contributed by atoms with Crippen molar-refractivity contribution in [1.82, 2.24) is 5.32 Å². The number of rotatable bonds is 6. The first-order valence-electron chi connectivity index (χ1n) is 10.6. The van der Waals surface area contributed by atoms with Gasteiger partial charge in [-0.2, -0.15) is 0 Å². The molecule has 1 heterocycles. The Kier molecular flexibility index (Phi) is 8.04. The molecule has 166 valence electrons. The van der Waals surface area contributed by atoms with Gasteiger partial charge in [0.2, 0.25) is 0 Å². The van der Waals surface area contributed by atoms with Crippen LogP contribution in [0.3, 0.4) is 0 Å². The number of nitrogens with zero attached hydrogens (tertiary/aromatic N) is 1. The van der Waals surface area contributed by atoms with Crippen LogP contribution < -0.4 is 20.9 Å². The van der Waals surface area contributed by atoms with Gasteiger partial charge in [-0.15, -0.1) is 0 Å². The van der Waals surface area contributed by atoms with E-state index >= 15 is 0 Å². The maximum atomic E-state index is 13.0. The van der Waals surface area contributed by atoms with Crippen molar-refractivity contribution in [3.63, 3.8) is 0 Å². The molecule has 1 aliphatic rings. The van der Waals surface area contributed by atoms with Crippen LogP contribution in [0.1, 0.15) is 49.9 Å². The number of carbonyl (C=O) groups excluding carboxylic acids is 2. The second kappa shape index (κ2) is 10.7. The van der Waals surface area contributed by atoms with Crippen LogP contribution in [-0.2, 0) is 0 Å². The number of urea groups is 1. The van der Waals surface area contributed by atoms with Gasteiger partial charge in [0.1, 0.15) is 0 Å². The average molecular weight is 463 g/mol. The molecule has 3 N–H and O–H groups in total. The predicted molar refractivity (Wildman–Crippen MR) is 129 cm³/mol. The third-order valence-electron chi connectivity index (χ3n) is 5.39. The molecule has 0 radical (unpaired) electrons. The number of benzene rings is 2. The van der Waals surface area contributed by atoms with Gasteiger partial charge in [-0.05, 0) is 62.9 Å². The molecule has 0 spiro atoms. The number of halogens is 2. The lowest BCUT2D eigenvalue weighted by Gasteiger charge is -2.31. The van der Waals surface area contributed by atoms with Gasteiger partial charge in [-0.3, -0.25) is 4.79 Å². The fourth-order valence-corrected chi connectivity index (χ4v) is 3.84. The molecule has 0 saturated carbocycles. The van der Waals surface area contributed by atoms with Crippen LogP contribution in [0.15, 0.2) is 36.4 Å². The molecule has 3 amide bonds. The molecule has 1 aliphatic heterocycles. The van der Waals surface area contributed by atoms with E-state index in [2.05, 4.69) is 20.9 Å². The highest BCUT2D eigenvalue weighted by Gasteiger charge is 2.20. The molecule has 6 nitrogen and oxygen atoms in total. The van der Waals surface area contributed by atoms with E-state index in [4.69, 9.17) is 23.2 Å². The Morgan fingerprint density at radius 1 is 1.06 bits per heavy atom. The highest BCUT2D eigenvalue weighted by Crippen LogP contribution is 2.30. The number of piperidine rings is 1. The highest BCUT2D eigenvalue weighted by molar-refractivity contribution is 6.44. The highest BCUT2D eigenvalue weighted by atomic mass is 35.5. The van der Waals surface area contributed by atoms with Crippen LogP contribution in [-0.4, -0.2) is 31.1 Å². The van der Waals surface area contributed by atoms with Crippen LogP contribution in [0.4, 0.5) is 21.9 Å². The minimum absolute atomic E-state index is 0.0617. The van der Waals surface area contributed by atoms with Crippen molar-refractivity contribution in [2.45, 2.75) is 45.6 Å². The molecule has 1 saturated heterocycles. The van der Waals surface area contributed by atoms with Crippen LogP contribution in [0.2, 0.25) is 10.0 Å². The van der Waals surface area contributed by atoms with Gasteiger partial charge in [0.05, 0.1) is 21.3 Å². The van der Waals surface area contributed by atoms with Gasteiger partial charge in [0.25, 0.3) is 5.91 Å². The normalized spacial score (nSPS) is 14.6. The molecule has 1 unspecified atom stereocenters. The number of anilines is 3. The van der Waals surface area contributed by atoms with E-state index in [0.717, 1.165) is 38.0 Å². The summed E-state index contributed by atoms with van der Waals surface area (Å²) in [6, 6.07) is 10.0. The van der Waals surface area contributed by atoms with E-state index in [9.17, 15) is 9.59 Å². The number of hydrogen-bond donors (Lipinski definition) is 3.